The molecule has 0 aromatic heterocycles. The molecule has 176 valence electrons. The van der Waals surface area contributed by atoms with E-state index in [0.29, 0.717) is 13.1 Å². The molecule has 2 rings (SSSR count). The quantitative estimate of drug-likeness (QED) is 0.180. The van der Waals surface area contributed by atoms with Gasteiger partial charge in [0.1, 0.15) is 5.60 Å². The van der Waals surface area contributed by atoms with Crippen LogP contribution in [-0.4, -0.2) is 36.4 Å². The third-order valence-corrected chi connectivity index (χ3v) is 5.56. The highest BCUT2D eigenvalue weighted by atomic mass is 32.2. The van der Waals surface area contributed by atoms with Gasteiger partial charge in [-0.2, -0.15) is 5.10 Å². The van der Waals surface area contributed by atoms with Gasteiger partial charge in [-0.1, -0.05) is 31.7 Å². The normalized spacial score (nSPS) is 14.7. The molecule has 1 aliphatic rings. The lowest BCUT2D eigenvalue weighted by Gasteiger charge is -2.19. The Morgan fingerprint density at radius 1 is 1.16 bits per heavy atom. The van der Waals surface area contributed by atoms with Crippen LogP contribution in [-0.2, 0) is 9.53 Å². The number of rotatable bonds is 11. The molecule has 0 aliphatic heterocycles. The molecule has 1 saturated carbocycles. The zero-order valence-corrected chi connectivity index (χ0v) is 20.6. The van der Waals surface area contributed by atoms with Crippen molar-refractivity contribution < 1.29 is 14.3 Å². The molecule has 0 heterocycles. The lowest BCUT2D eigenvalue weighted by Crippen LogP contribution is -2.35. The second-order valence-corrected chi connectivity index (χ2v) is 9.73. The van der Waals surface area contributed by atoms with E-state index in [4.69, 9.17) is 4.74 Å². The molecule has 2 amide bonds. The molecule has 1 aromatic carbocycles. The van der Waals surface area contributed by atoms with Gasteiger partial charge in [0.05, 0.1) is 12.3 Å². The van der Waals surface area contributed by atoms with Crippen LogP contribution in [0.5, 0.6) is 0 Å². The predicted molar refractivity (Wildman–Crippen MR) is 132 cm³/mol. The number of carbonyl (C=O) groups is 2. The van der Waals surface area contributed by atoms with Gasteiger partial charge < -0.3 is 20.8 Å². The van der Waals surface area contributed by atoms with E-state index in [9.17, 15) is 9.59 Å². The zero-order chi connectivity index (χ0) is 23.6. The van der Waals surface area contributed by atoms with Crippen molar-refractivity contribution in [3.8, 4) is 0 Å². The molecule has 32 heavy (non-hydrogen) atoms. The molecule has 1 fully saturated rings. The van der Waals surface area contributed by atoms with Crippen molar-refractivity contribution in [2.24, 2.45) is 11.0 Å². The van der Waals surface area contributed by atoms with Crippen LogP contribution < -0.4 is 16.1 Å². The first kappa shape index (κ1) is 25.8. The fourth-order valence-corrected chi connectivity index (χ4v) is 3.81. The van der Waals surface area contributed by atoms with Gasteiger partial charge in [0, 0.05) is 28.0 Å². The van der Waals surface area contributed by atoms with E-state index in [0.717, 1.165) is 46.9 Å². The lowest BCUT2D eigenvalue weighted by atomic mass is 10.2. The highest BCUT2D eigenvalue weighted by Gasteiger charge is 2.29. The summed E-state index contributed by atoms with van der Waals surface area (Å²) in [5, 5.41) is 10.2. The molecule has 7 nitrogen and oxygen atoms in total. The monoisotopic (exact) mass is 460 g/mol. The Kier molecular flexibility index (Phi) is 10.1. The van der Waals surface area contributed by atoms with Crippen LogP contribution in [0.15, 0.2) is 45.2 Å². The smallest absolute Gasteiger partial charge is 0.407 e. The lowest BCUT2D eigenvalue weighted by molar-refractivity contribution is -0.117. The van der Waals surface area contributed by atoms with Crippen LogP contribution in [0.25, 0.3) is 0 Å². The SMILES string of the molecule is CC/C=C(Sc1ccc(NC(=O)C2CC2)cc1)/C(CC)=N\NCCNC(=O)OC(C)(C)C. The van der Waals surface area contributed by atoms with Crippen LogP contribution >= 0.6 is 11.8 Å². The Balaban J connectivity index is 1.87. The van der Waals surface area contributed by atoms with Gasteiger partial charge in [-0.3, -0.25) is 4.79 Å². The summed E-state index contributed by atoms with van der Waals surface area (Å²) in [5.74, 6) is 0.308. The summed E-state index contributed by atoms with van der Waals surface area (Å²) < 4.78 is 5.22. The first-order valence-corrected chi connectivity index (χ1v) is 12.1. The van der Waals surface area contributed by atoms with E-state index in [2.05, 4.69) is 41.1 Å². The minimum absolute atomic E-state index is 0.115. The summed E-state index contributed by atoms with van der Waals surface area (Å²) >= 11 is 1.66. The molecule has 1 aliphatic carbocycles. The van der Waals surface area contributed by atoms with Crippen molar-refractivity contribution in [1.29, 1.82) is 0 Å². The maximum atomic E-state index is 11.9. The average molecular weight is 461 g/mol. The number of nitrogens with zero attached hydrogens (tertiary/aromatic N) is 1. The number of alkyl carbamates (subject to hydrolysis) is 1. The average Bonchev–Trinajstić information content (AvgIpc) is 3.56. The molecule has 1 aromatic rings. The number of thioether (sulfide) groups is 1. The number of anilines is 1. The zero-order valence-electron chi connectivity index (χ0n) is 19.8. The number of ether oxygens (including phenoxy) is 1. The molecule has 0 saturated heterocycles. The second-order valence-electron chi connectivity index (χ2n) is 8.62. The van der Waals surface area contributed by atoms with E-state index >= 15 is 0 Å². The van der Waals surface area contributed by atoms with Crippen LogP contribution in [0.3, 0.4) is 0 Å². The largest absolute Gasteiger partial charge is 0.444 e. The summed E-state index contributed by atoms with van der Waals surface area (Å²) in [7, 11) is 0. The summed E-state index contributed by atoms with van der Waals surface area (Å²) in [6.07, 6.45) is 5.40. The van der Waals surface area contributed by atoms with Crippen molar-refractivity contribution in [3.05, 3.63) is 35.2 Å². The summed E-state index contributed by atoms with van der Waals surface area (Å²) in [6, 6.07) is 7.91. The number of allylic oxidation sites excluding steroid dienone is 2. The van der Waals surface area contributed by atoms with E-state index in [-0.39, 0.29) is 11.8 Å². The van der Waals surface area contributed by atoms with Crippen molar-refractivity contribution >= 4 is 35.2 Å². The van der Waals surface area contributed by atoms with Gasteiger partial charge in [-0.25, -0.2) is 4.79 Å². The Bertz CT molecular complexity index is 825. The number of hydrazone groups is 1. The maximum Gasteiger partial charge on any atom is 0.407 e. The highest BCUT2D eigenvalue weighted by molar-refractivity contribution is 8.04. The first-order chi connectivity index (χ1) is 15.2. The van der Waals surface area contributed by atoms with Gasteiger partial charge in [-0.05, 0) is 70.7 Å². The fraction of sp³-hybridized carbons (Fsp3) is 0.542. The molecule has 0 spiro atoms. The van der Waals surface area contributed by atoms with Crippen LogP contribution in [0.2, 0.25) is 0 Å². The van der Waals surface area contributed by atoms with E-state index in [1.807, 2.05) is 45.0 Å². The number of nitrogens with one attached hydrogen (secondary N) is 3. The number of hydrogen-bond donors (Lipinski definition) is 3. The number of hydrogen-bond acceptors (Lipinski definition) is 6. The van der Waals surface area contributed by atoms with Crippen molar-refractivity contribution in [2.45, 2.75) is 70.8 Å². The van der Waals surface area contributed by atoms with Gasteiger partial charge in [0.2, 0.25) is 5.91 Å². The molecular formula is C24H36N4O3S. The van der Waals surface area contributed by atoms with Crippen molar-refractivity contribution in [2.75, 3.05) is 18.4 Å². The van der Waals surface area contributed by atoms with Gasteiger partial charge >= 0.3 is 6.09 Å². The number of amides is 2. The Hall–Kier alpha value is -2.48. The third-order valence-electron chi connectivity index (χ3n) is 4.43. The standard InChI is InChI=1S/C24H36N4O3S/c1-6-8-21(20(7-2)28-26-16-15-25-23(30)31-24(3,4)5)32-19-13-11-18(12-14-19)27-22(29)17-9-10-17/h8,11-14,17,26H,6-7,9-10,15-16H2,1-5H3,(H,25,30)(H,27,29)/b21-8-,28-20-. The Morgan fingerprint density at radius 3 is 2.41 bits per heavy atom. The molecule has 0 bridgehead atoms. The third kappa shape index (κ3) is 9.77. The van der Waals surface area contributed by atoms with Crippen LogP contribution in [0, 0.1) is 5.92 Å². The Labute approximate surface area is 195 Å². The molecule has 0 unspecified atom stereocenters. The summed E-state index contributed by atoms with van der Waals surface area (Å²) in [6.45, 7) is 10.6. The second kappa shape index (κ2) is 12.5. The maximum absolute atomic E-state index is 11.9. The topological polar surface area (TPSA) is 91.8 Å². The van der Waals surface area contributed by atoms with Crippen LogP contribution in [0.1, 0.15) is 60.3 Å². The van der Waals surface area contributed by atoms with Gasteiger partial charge in [0.15, 0.2) is 0 Å². The minimum atomic E-state index is -0.511. The summed E-state index contributed by atoms with van der Waals surface area (Å²) in [4.78, 5) is 25.8. The van der Waals surface area contributed by atoms with Gasteiger partial charge in [-0.15, -0.1) is 0 Å². The van der Waals surface area contributed by atoms with Gasteiger partial charge in [0.25, 0.3) is 0 Å². The number of benzene rings is 1. The van der Waals surface area contributed by atoms with E-state index in [1.54, 1.807) is 11.8 Å². The van der Waals surface area contributed by atoms with Crippen molar-refractivity contribution in [1.82, 2.24) is 10.7 Å². The minimum Gasteiger partial charge on any atom is -0.444 e. The first-order valence-electron chi connectivity index (χ1n) is 11.3. The highest BCUT2D eigenvalue weighted by Crippen LogP contribution is 2.32. The fourth-order valence-electron chi connectivity index (χ4n) is 2.72. The van der Waals surface area contributed by atoms with Crippen molar-refractivity contribution in [3.63, 3.8) is 0 Å². The van der Waals surface area contributed by atoms with E-state index in [1.165, 1.54) is 0 Å². The molecule has 3 N–H and O–H groups in total. The van der Waals surface area contributed by atoms with E-state index < -0.39 is 11.7 Å². The molecular weight excluding hydrogens is 424 g/mol. The number of carbonyl (C=O) groups excluding carboxylic acids is 2. The molecule has 0 radical (unpaired) electrons. The molecule has 0 atom stereocenters. The Morgan fingerprint density at radius 2 is 1.84 bits per heavy atom. The predicted octanol–water partition coefficient (Wildman–Crippen LogP) is 5.30. The van der Waals surface area contributed by atoms with Crippen LogP contribution in [0.4, 0.5) is 10.5 Å². The molecule has 8 heteroatoms. The summed E-state index contributed by atoms with van der Waals surface area (Å²) in [5.41, 5.74) is 4.32.